The van der Waals surface area contributed by atoms with Crippen LogP contribution in [0.2, 0.25) is 10.0 Å². The summed E-state index contributed by atoms with van der Waals surface area (Å²) in [6.45, 7) is 5.66. The fourth-order valence-electron chi connectivity index (χ4n) is 12.5. The number of carbonyl (C=O) groups excluding carboxylic acids is 7. The molecule has 0 radical (unpaired) electrons. The molecule has 0 saturated carbocycles. The topological polar surface area (TPSA) is 530 Å². The van der Waals surface area contributed by atoms with E-state index in [2.05, 4.69) is 37.2 Å². The molecular weight excluding hydrogens is 1410 g/mol. The van der Waals surface area contributed by atoms with Gasteiger partial charge < -0.3 is 128 Å². The van der Waals surface area contributed by atoms with E-state index in [4.69, 9.17) is 63.1 Å². The number of aromatic hydroxyl groups is 3. The van der Waals surface area contributed by atoms with Crippen LogP contribution in [0.25, 0.3) is 11.1 Å². The molecule has 550 valence electrons. The first-order valence-corrected chi connectivity index (χ1v) is 32.4. The van der Waals surface area contributed by atoms with Crippen LogP contribution in [0.1, 0.15) is 105 Å². The highest BCUT2D eigenvalue weighted by atomic mass is 35.5. The van der Waals surface area contributed by atoms with Crippen molar-refractivity contribution in [1.82, 2.24) is 37.2 Å². The van der Waals surface area contributed by atoms with Crippen molar-refractivity contribution in [3.8, 4) is 57.1 Å². The summed E-state index contributed by atoms with van der Waals surface area (Å²) in [5, 5.41) is 131. The second-order valence-electron chi connectivity index (χ2n) is 25.7. The predicted octanol–water partition coefficient (Wildman–Crippen LogP) is 0.528. The summed E-state index contributed by atoms with van der Waals surface area (Å²) < 4.78 is 38.3. The van der Waals surface area contributed by atoms with Crippen LogP contribution >= 0.6 is 35.6 Å². The molecule has 0 aliphatic carbocycles. The number of rotatable bonds is 13. The number of ether oxygens (including phenoxy) is 6. The van der Waals surface area contributed by atoms with Gasteiger partial charge in [0.15, 0.2) is 29.9 Å². The van der Waals surface area contributed by atoms with Crippen LogP contribution in [0.15, 0.2) is 78.9 Å². The molecule has 7 heterocycles. The number of hydrogen-bond acceptors (Lipinski definition) is 25. The van der Waals surface area contributed by atoms with E-state index < -0.39 is 237 Å². The van der Waals surface area contributed by atoms with Gasteiger partial charge in [0, 0.05) is 34.7 Å². The molecule has 36 heteroatoms. The Bertz CT molecular complexity index is 4080. The number of amides is 7. The smallest absolute Gasteiger partial charge is 0.330 e. The molecule has 2 fully saturated rings. The molecule has 102 heavy (non-hydrogen) atoms. The van der Waals surface area contributed by atoms with E-state index in [1.807, 2.05) is 13.8 Å². The lowest BCUT2D eigenvalue weighted by Crippen LogP contribution is -2.64. The van der Waals surface area contributed by atoms with E-state index in [9.17, 15) is 75.0 Å². The van der Waals surface area contributed by atoms with Crippen LogP contribution in [0.5, 0.6) is 46.0 Å². The highest BCUT2D eigenvalue weighted by Gasteiger charge is 2.51. The van der Waals surface area contributed by atoms with Gasteiger partial charge in [-0.1, -0.05) is 55.2 Å². The first-order chi connectivity index (χ1) is 47.7. The maximum atomic E-state index is 16.0. The molecule has 12 rings (SSSR count). The molecule has 5 aromatic rings. The van der Waals surface area contributed by atoms with Gasteiger partial charge in [0.2, 0.25) is 53.4 Å². The van der Waals surface area contributed by atoms with Crippen molar-refractivity contribution >= 4 is 82.9 Å². The molecule has 33 nitrogen and oxygen atoms in total. The third-order valence-electron chi connectivity index (χ3n) is 17.8. The van der Waals surface area contributed by atoms with Crippen molar-refractivity contribution in [2.45, 2.75) is 156 Å². The normalized spacial score (nSPS) is 29.1. The standard InChI is InChI=1S/C66H75Cl2N9O24.ClH/c1-23(2)12-34(71-5)58(88)76-49-51(83)26-7-10-38(32(67)14-26)97-40-16-28-17-41(55(40)101-65-56(54(86)53(85)42(22-78)99-65)100-44-21-66(4,70)57(87)24(3)96-44)98-39-11-8-27(15-33(39)68)52(84)50-63(93)75-48(64(94)95)31-18-29(79)19-37(81)45(31)30-13-25(6-9-36(30)80)46(60(90)77-50)74-61(91)47(28)73-59(89)35(20-43(69)82)72-62(49)92;/h6-11,13-19,23-24,34-35,42,44,46-54,56-57,65,71,78-81,83-87H,12,20-22,70H2,1-5H3,(H2,69,82)(H,72,92)(H,73,89)(H,74,91)(H,75,93)(H,76,88)(H,77,90)(H,94,95);1H/t24?,34-,35+,42?,44?,46-,47-,48-,49?,50+,51-,52-,53?,54?,56?,57?,65?,66?;/m1./s1. The summed E-state index contributed by atoms with van der Waals surface area (Å²) >= 11 is 14.1. The van der Waals surface area contributed by atoms with Gasteiger partial charge in [0.25, 0.3) is 0 Å². The lowest BCUT2D eigenvalue weighted by molar-refractivity contribution is -0.333. The summed E-state index contributed by atoms with van der Waals surface area (Å²) in [6.07, 6.45) is -18.6. The third kappa shape index (κ3) is 16.3. The minimum absolute atomic E-state index is 0. The van der Waals surface area contributed by atoms with Crippen molar-refractivity contribution in [3.05, 3.63) is 117 Å². The number of aliphatic hydroxyl groups excluding tert-OH is 6. The van der Waals surface area contributed by atoms with Crippen LogP contribution in [-0.2, 0) is 52.6 Å². The Morgan fingerprint density at radius 2 is 1.31 bits per heavy atom. The fraction of sp³-hybridized carbons (Fsp3) is 0.424. The Labute approximate surface area is 596 Å². The van der Waals surface area contributed by atoms with E-state index in [0.29, 0.717) is 0 Å². The lowest BCUT2D eigenvalue weighted by Gasteiger charge is -2.47. The Kier molecular flexibility index (Phi) is 23.8. The molecule has 0 aromatic heterocycles. The van der Waals surface area contributed by atoms with Gasteiger partial charge in [-0.15, -0.1) is 12.4 Å². The molecule has 21 N–H and O–H groups in total. The number of hydrogen-bond donors (Lipinski definition) is 19. The monoisotopic (exact) mass is 1480 g/mol. The van der Waals surface area contributed by atoms with Gasteiger partial charge in [-0.3, -0.25) is 33.6 Å². The molecule has 11 bridgehead atoms. The van der Waals surface area contributed by atoms with Gasteiger partial charge in [0.05, 0.1) is 41.3 Å². The number of primary amides is 1. The molecule has 7 aliphatic heterocycles. The van der Waals surface area contributed by atoms with Crippen LogP contribution in [0.4, 0.5) is 0 Å². The van der Waals surface area contributed by atoms with Gasteiger partial charge >= 0.3 is 5.97 Å². The highest BCUT2D eigenvalue weighted by molar-refractivity contribution is 6.32. The quantitative estimate of drug-likeness (QED) is 0.0764. The highest BCUT2D eigenvalue weighted by Crippen LogP contribution is 2.50. The van der Waals surface area contributed by atoms with Gasteiger partial charge in [-0.25, -0.2) is 4.79 Å². The van der Waals surface area contributed by atoms with Crippen LogP contribution < -0.4 is 62.9 Å². The lowest BCUT2D eigenvalue weighted by atomic mass is 9.86. The second-order valence-corrected chi connectivity index (χ2v) is 26.5. The SMILES string of the molecule is CN[C@H](CC(C)C)C(=O)NC1C(=O)N[C@@H](CC(N)=O)C(=O)N[C@H]2C(=O)N[C@H]3C(=O)N[C@H](C(=O)N[C@@H](C(=O)O)c4cc(O)cc(O)c4-c4cc3ccc4O)[C@H](O)c3ccc(c(Cl)c3)Oc3cc2cc(c3OC2OC(CO)C(O)C(O)C2OC2CC(C)(N)C(O)C(C)O2)Oc2ccc(cc2Cl)[C@H]1O.Cl. The predicted molar refractivity (Wildman–Crippen MR) is 357 cm³/mol. The number of nitrogens with one attached hydrogen (secondary N) is 7. The summed E-state index contributed by atoms with van der Waals surface area (Å²) in [6, 6.07) is -0.679. The van der Waals surface area contributed by atoms with Gasteiger partial charge in [0.1, 0.15) is 89.5 Å². The van der Waals surface area contributed by atoms with Crippen molar-refractivity contribution in [2.24, 2.45) is 17.4 Å². The number of fused-ring (bicyclic) bond motifs is 15. The van der Waals surface area contributed by atoms with E-state index in [0.717, 1.165) is 66.7 Å². The number of nitrogens with two attached hydrogens (primary N) is 2. The fourth-order valence-corrected chi connectivity index (χ4v) is 12.9. The van der Waals surface area contributed by atoms with E-state index in [1.165, 1.54) is 33.0 Å². The van der Waals surface area contributed by atoms with Crippen molar-refractivity contribution in [3.63, 3.8) is 0 Å². The van der Waals surface area contributed by atoms with E-state index in [1.54, 1.807) is 0 Å². The van der Waals surface area contributed by atoms with Crippen molar-refractivity contribution in [2.75, 3.05) is 13.7 Å². The third-order valence-corrected chi connectivity index (χ3v) is 18.4. The number of likely N-dealkylation sites (N-methyl/N-ethyl adjacent to an activating group) is 1. The zero-order valence-electron chi connectivity index (χ0n) is 54.7. The molecule has 2 saturated heterocycles. The summed E-state index contributed by atoms with van der Waals surface area (Å²) in [4.78, 5) is 117. The first kappa shape index (κ1) is 77.3. The number of phenols is 3. The minimum atomic E-state index is -2.35. The van der Waals surface area contributed by atoms with E-state index >= 15 is 14.4 Å². The second kappa shape index (κ2) is 31.4. The van der Waals surface area contributed by atoms with Crippen LogP contribution in [-0.4, -0.2) is 191 Å². The summed E-state index contributed by atoms with van der Waals surface area (Å²) in [5.41, 5.74) is 8.00. The molecular formula is C66H76Cl3N9O24. The number of carboxylic acids is 1. The maximum Gasteiger partial charge on any atom is 0.330 e. The Hall–Kier alpha value is -8.91. The molecule has 10 unspecified atom stereocenters. The van der Waals surface area contributed by atoms with Crippen molar-refractivity contribution in [1.29, 1.82) is 0 Å². The molecule has 7 amide bonds. The van der Waals surface area contributed by atoms with Crippen molar-refractivity contribution < 1.29 is 118 Å². The molecule has 5 aromatic carbocycles. The molecule has 7 aliphatic rings. The number of phenolic OH excluding ortho intramolecular Hbond substituents is 3. The van der Waals surface area contributed by atoms with Gasteiger partial charge in [-0.2, -0.15) is 0 Å². The number of benzene rings is 5. The molecule has 0 spiro atoms. The number of halogens is 3. The Morgan fingerprint density at radius 3 is 1.89 bits per heavy atom. The number of aliphatic carboxylic acids is 1. The molecule has 18 atom stereocenters. The average Bonchev–Trinajstić information content (AvgIpc) is 0.773. The minimum Gasteiger partial charge on any atom is -0.508 e. The largest absolute Gasteiger partial charge is 0.508 e. The number of aliphatic hydroxyl groups is 6. The van der Waals surface area contributed by atoms with Crippen LogP contribution in [0, 0.1) is 5.92 Å². The maximum absolute atomic E-state index is 16.0. The summed E-state index contributed by atoms with van der Waals surface area (Å²) in [5.74, 6) is -16.0. The number of carboxylic acid groups (broad SMARTS) is 1. The zero-order chi connectivity index (χ0) is 73.5. The van der Waals surface area contributed by atoms with E-state index in [-0.39, 0.29) is 58.6 Å². The summed E-state index contributed by atoms with van der Waals surface area (Å²) in [7, 11) is 1.47. The zero-order valence-corrected chi connectivity index (χ0v) is 57.1. The van der Waals surface area contributed by atoms with Gasteiger partial charge in [-0.05, 0) is 110 Å². The Balaban J connectivity index is 0.0000121. The Morgan fingerprint density at radius 1 is 0.716 bits per heavy atom. The first-order valence-electron chi connectivity index (χ1n) is 31.6. The number of carbonyl (C=O) groups is 8. The van der Waals surface area contributed by atoms with Crippen LogP contribution in [0.3, 0.4) is 0 Å². The average molecular weight is 1490 g/mol.